The Bertz CT molecular complexity index is 774. The number of nitrogens with one attached hydrogen (secondary N) is 2. The number of nitrogens with zero attached hydrogens (tertiary/aromatic N) is 2. The lowest BCUT2D eigenvalue weighted by Gasteiger charge is -2.05. The van der Waals surface area contributed by atoms with Crippen molar-refractivity contribution in [3.63, 3.8) is 0 Å². The summed E-state index contributed by atoms with van der Waals surface area (Å²) >= 11 is 0. The second kappa shape index (κ2) is 5.32. The predicted molar refractivity (Wildman–Crippen MR) is 80.3 cm³/mol. The van der Waals surface area contributed by atoms with E-state index in [-0.39, 0.29) is 0 Å². The van der Waals surface area contributed by atoms with Crippen LogP contribution in [-0.4, -0.2) is 27.7 Å². The van der Waals surface area contributed by atoms with Gasteiger partial charge in [0.25, 0.3) is 0 Å². The van der Waals surface area contributed by atoms with E-state index in [1.165, 1.54) is 7.11 Å². The molecule has 0 bridgehead atoms. The maximum atomic E-state index is 11.3. The summed E-state index contributed by atoms with van der Waals surface area (Å²) in [7, 11) is 3.35. The highest BCUT2D eigenvalue weighted by Gasteiger charge is 2.10. The van der Waals surface area contributed by atoms with Crippen molar-refractivity contribution in [3.8, 4) is 0 Å². The quantitative estimate of drug-likeness (QED) is 0.776. The molecule has 0 aliphatic rings. The number of aromatic nitrogens is 3. The molecule has 6 nitrogen and oxygen atoms in total. The molecule has 6 heteroatoms. The monoisotopic (exact) mass is 284 g/mol. The standard InChI is InChI=1S/C15H16N4O2/c1-19-8-10(5-12-7-16-9-17-12)13-6-11(3-4-14(13)19)18-15(20)21-2/h3-4,6-9H,5H2,1-2H3,(H,16,17)(H,18,20). The molecule has 0 atom stereocenters. The molecule has 21 heavy (non-hydrogen) atoms. The molecule has 0 saturated heterocycles. The molecule has 2 N–H and O–H groups in total. The van der Waals surface area contributed by atoms with Crippen LogP contribution >= 0.6 is 0 Å². The van der Waals surface area contributed by atoms with Gasteiger partial charge in [-0.2, -0.15) is 0 Å². The van der Waals surface area contributed by atoms with Crippen LogP contribution in [0.3, 0.4) is 0 Å². The summed E-state index contributed by atoms with van der Waals surface area (Å²) in [6, 6.07) is 5.79. The second-order valence-corrected chi connectivity index (χ2v) is 4.85. The summed E-state index contributed by atoms with van der Waals surface area (Å²) in [4.78, 5) is 18.5. The summed E-state index contributed by atoms with van der Waals surface area (Å²) in [5.74, 6) is 0. The molecule has 2 heterocycles. The third-order valence-electron chi connectivity index (χ3n) is 3.43. The van der Waals surface area contributed by atoms with Gasteiger partial charge in [-0.1, -0.05) is 0 Å². The Morgan fingerprint density at radius 2 is 2.33 bits per heavy atom. The minimum atomic E-state index is -0.473. The Morgan fingerprint density at radius 1 is 1.48 bits per heavy atom. The van der Waals surface area contributed by atoms with Crippen LogP contribution in [0.4, 0.5) is 10.5 Å². The zero-order chi connectivity index (χ0) is 14.8. The highest BCUT2D eigenvalue weighted by molar-refractivity contribution is 5.92. The Balaban J connectivity index is 1.99. The van der Waals surface area contributed by atoms with Gasteiger partial charge in [-0.3, -0.25) is 5.32 Å². The van der Waals surface area contributed by atoms with Gasteiger partial charge >= 0.3 is 6.09 Å². The predicted octanol–water partition coefficient (Wildman–Crippen LogP) is 2.67. The van der Waals surface area contributed by atoms with E-state index in [0.29, 0.717) is 5.69 Å². The van der Waals surface area contributed by atoms with E-state index in [4.69, 9.17) is 0 Å². The van der Waals surface area contributed by atoms with Gasteiger partial charge in [0.1, 0.15) is 0 Å². The number of hydrogen-bond acceptors (Lipinski definition) is 3. The van der Waals surface area contributed by atoms with Crippen LogP contribution in [-0.2, 0) is 18.2 Å². The van der Waals surface area contributed by atoms with Crippen molar-refractivity contribution in [3.05, 3.63) is 48.2 Å². The van der Waals surface area contributed by atoms with Crippen molar-refractivity contribution in [2.75, 3.05) is 12.4 Å². The Hall–Kier alpha value is -2.76. The molecule has 3 aromatic rings. The van der Waals surface area contributed by atoms with Gasteiger partial charge in [-0.25, -0.2) is 9.78 Å². The smallest absolute Gasteiger partial charge is 0.411 e. The van der Waals surface area contributed by atoms with Crippen LogP contribution in [0, 0.1) is 0 Å². The number of H-pyrrole nitrogens is 1. The molecule has 108 valence electrons. The SMILES string of the molecule is COC(=O)Nc1ccc2c(c1)c(Cc1c[nH]cn1)cn2C. The van der Waals surface area contributed by atoms with Gasteiger partial charge in [0, 0.05) is 42.5 Å². The summed E-state index contributed by atoms with van der Waals surface area (Å²) in [5.41, 5.74) is 3.96. The zero-order valence-electron chi connectivity index (χ0n) is 11.9. The van der Waals surface area contributed by atoms with Crippen LogP contribution in [0.15, 0.2) is 36.9 Å². The van der Waals surface area contributed by atoms with Crippen molar-refractivity contribution >= 4 is 22.7 Å². The van der Waals surface area contributed by atoms with E-state index in [1.807, 2.05) is 31.4 Å². The number of anilines is 1. The van der Waals surface area contributed by atoms with Gasteiger partial charge in [0.2, 0.25) is 0 Å². The number of amides is 1. The van der Waals surface area contributed by atoms with Crippen molar-refractivity contribution in [1.82, 2.24) is 14.5 Å². The fourth-order valence-corrected chi connectivity index (χ4v) is 2.44. The molecule has 3 rings (SSSR count). The molecule has 2 aromatic heterocycles. The Kier molecular flexibility index (Phi) is 3.35. The molecular weight excluding hydrogens is 268 g/mol. The first-order valence-corrected chi connectivity index (χ1v) is 6.58. The lowest BCUT2D eigenvalue weighted by Crippen LogP contribution is -2.10. The molecule has 0 spiro atoms. The molecule has 0 aliphatic heterocycles. The molecular formula is C15H16N4O2. The number of aryl methyl sites for hydroxylation is 1. The first-order valence-electron chi connectivity index (χ1n) is 6.58. The second-order valence-electron chi connectivity index (χ2n) is 4.85. The largest absolute Gasteiger partial charge is 0.453 e. The molecule has 0 saturated carbocycles. The number of imidazole rings is 1. The molecule has 0 unspecified atom stereocenters. The van der Waals surface area contributed by atoms with Gasteiger partial charge in [0.05, 0.1) is 19.1 Å². The molecule has 0 aliphatic carbocycles. The third kappa shape index (κ3) is 2.60. The molecule has 1 amide bonds. The zero-order valence-corrected chi connectivity index (χ0v) is 11.9. The fraction of sp³-hybridized carbons (Fsp3) is 0.200. The van der Waals surface area contributed by atoms with Crippen LogP contribution in [0.1, 0.15) is 11.3 Å². The number of fused-ring (bicyclic) bond motifs is 1. The Morgan fingerprint density at radius 3 is 3.05 bits per heavy atom. The van der Waals surface area contributed by atoms with Gasteiger partial charge < -0.3 is 14.3 Å². The maximum Gasteiger partial charge on any atom is 0.411 e. The number of rotatable bonds is 3. The first-order chi connectivity index (χ1) is 10.2. The Labute approximate surface area is 121 Å². The highest BCUT2D eigenvalue weighted by Crippen LogP contribution is 2.26. The minimum absolute atomic E-state index is 0.473. The topological polar surface area (TPSA) is 71.9 Å². The molecule has 0 fully saturated rings. The normalized spacial score (nSPS) is 10.8. The van der Waals surface area contributed by atoms with Crippen molar-refractivity contribution < 1.29 is 9.53 Å². The van der Waals surface area contributed by atoms with Crippen LogP contribution in [0.25, 0.3) is 10.9 Å². The molecule has 0 radical (unpaired) electrons. The van der Waals surface area contributed by atoms with Crippen LogP contribution in [0.2, 0.25) is 0 Å². The molecule has 1 aromatic carbocycles. The van der Waals surface area contributed by atoms with E-state index in [9.17, 15) is 4.79 Å². The number of aromatic amines is 1. The van der Waals surface area contributed by atoms with E-state index in [1.54, 1.807) is 6.33 Å². The average molecular weight is 284 g/mol. The first kappa shape index (κ1) is 13.2. The van der Waals surface area contributed by atoms with Gasteiger partial charge in [0.15, 0.2) is 0 Å². The van der Waals surface area contributed by atoms with E-state index in [0.717, 1.165) is 28.6 Å². The lowest BCUT2D eigenvalue weighted by atomic mass is 10.1. The average Bonchev–Trinajstić information content (AvgIpc) is 3.08. The van der Waals surface area contributed by atoms with E-state index < -0.39 is 6.09 Å². The number of ether oxygens (including phenoxy) is 1. The van der Waals surface area contributed by atoms with Crippen LogP contribution in [0.5, 0.6) is 0 Å². The lowest BCUT2D eigenvalue weighted by molar-refractivity contribution is 0.187. The summed E-state index contributed by atoms with van der Waals surface area (Å²) < 4.78 is 6.69. The van der Waals surface area contributed by atoms with Crippen molar-refractivity contribution in [2.45, 2.75) is 6.42 Å². The number of hydrogen-bond donors (Lipinski definition) is 2. The van der Waals surface area contributed by atoms with Crippen molar-refractivity contribution in [2.24, 2.45) is 7.05 Å². The maximum absolute atomic E-state index is 11.3. The number of methoxy groups -OCH3 is 1. The van der Waals surface area contributed by atoms with Crippen LogP contribution < -0.4 is 5.32 Å². The third-order valence-corrected chi connectivity index (χ3v) is 3.43. The minimum Gasteiger partial charge on any atom is -0.453 e. The van der Waals surface area contributed by atoms with Crippen molar-refractivity contribution in [1.29, 1.82) is 0 Å². The van der Waals surface area contributed by atoms with E-state index >= 15 is 0 Å². The number of carbonyl (C=O) groups is 1. The summed E-state index contributed by atoms with van der Waals surface area (Å²) in [5, 5.41) is 3.78. The van der Waals surface area contributed by atoms with E-state index in [2.05, 4.69) is 30.8 Å². The van der Waals surface area contributed by atoms with Gasteiger partial charge in [-0.05, 0) is 23.8 Å². The summed E-state index contributed by atoms with van der Waals surface area (Å²) in [6.07, 6.45) is 5.91. The summed E-state index contributed by atoms with van der Waals surface area (Å²) in [6.45, 7) is 0. The fourth-order valence-electron chi connectivity index (χ4n) is 2.44. The van der Waals surface area contributed by atoms with Gasteiger partial charge in [-0.15, -0.1) is 0 Å². The number of benzene rings is 1. The highest BCUT2D eigenvalue weighted by atomic mass is 16.5. The number of carbonyl (C=O) groups excluding carboxylic acids is 1.